The van der Waals surface area contributed by atoms with Gasteiger partial charge in [0.25, 0.3) is 10.1 Å². The third-order valence-corrected chi connectivity index (χ3v) is 6.87. The zero-order valence-electron chi connectivity index (χ0n) is 21.5. The molecule has 11 nitrogen and oxygen atoms in total. The van der Waals surface area contributed by atoms with Crippen molar-refractivity contribution in [3.8, 4) is 0 Å². The molecule has 0 radical (unpaired) electrons. The molecule has 0 spiro atoms. The summed E-state index contributed by atoms with van der Waals surface area (Å²) >= 11 is 0. The van der Waals surface area contributed by atoms with Gasteiger partial charge < -0.3 is 24.3 Å². The summed E-state index contributed by atoms with van der Waals surface area (Å²) in [4.78, 5) is 35.9. The highest BCUT2D eigenvalue weighted by Crippen LogP contribution is 2.29. The highest BCUT2D eigenvalue weighted by molar-refractivity contribution is 7.86. The summed E-state index contributed by atoms with van der Waals surface area (Å²) in [6, 6.07) is 14.1. The van der Waals surface area contributed by atoms with E-state index in [1.165, 1.54) is 19.1 Å². The van der Waals surface area contributed by atoms with Crippen LogP contribution >= 0.6 is 0 Å². The molecule has 0 bridgehead atoms. The van der Waals surface area contributed by atoms with Crippen LogP contribution in [0.5, 0.6) is 0 Å². The summed E-state index contributed by atoms with van der Waals surface area (Å²) in [7, 11) is -4.21. The lowest BCUT2D eigenvalue weighted by molar-refractivity contribution is -0.278. The predicted molar refractivity (Wildman–Crippen MR) is 133 cm³/mol. The van der Waals surface area contributed by atoms with E-state index in [0.717, 1.165) is 25.0 Å². The summed E-state index contributed by atoms with van der Waals surface area (Å²) in [5.41, 5.74) is 1.65. The van der Waals surface area contributed by atoms with E-state index >= 15 is 0 Å². The summed E-state index contributed by atoms with van der Waals surface area (Å²) in [5.74, 6) is -1.95. The highest BCUT2D eigenvalue weighted by Gasteiger charge is 2.51. The van der Waals surface area contributed by atoms with E-state index in [2.05, 4.69) is 5.32 Å². The Balaban J connectivity index is 1.92. The minimum absolute atomic E-state index is 0.0574. The van der Waals surface area contributed by atoms with Crippen LogP contribution in [0, 0.1) is 6.92 Å². The summed E-state index contributed by atoms with van der Waals surface area (Å²) < 4.78 is 53.7. The van der Waals surface area contributed by atoms with Crippen LogP contribution in [0.1, 0.15) is 31.9 Å². The standard InChI is InChI=1S/C26H31NO10S/c1-16-10-12-21(13-11-16)38(31,32)34-15-22-24(35-18(3)29)25(36-19(4)30)23(27-17(2)28)26(37-22)33-14-20-8-6-5-7-9-20/h5-13,22-26H,14-15H2,1-4H3,(H,27,28)/t22-,23-,24-,25-,26-/m1/s1. The number of hydrogen-bond donors (Lipinski definition) is 1. The van der Waals surface area contributed by atoms with E-state index < -0.39 is 65.2 Å². The molecule has 0 aromatic heterocycles. The number of aryl methyl sites for hydroxylation is 1. The van der Waals surface area contributed by atoms with Crippen LogP contribution in [0.4, 0.5) is 0 Å². The van der Waals surface area contributed by atoms with Gasteiger partial charge in [0.15, 0.2) is 18.5 Å². The maximum Gasteiger partial charge on any atom is 0.303 e. The Bertz CT molecular complexity index is 1220. The Morgan fingerprint density at radius 3 is 2.08 bits per heavy atom. The van der Waals surface area contributed by atoms with Crippen molar-refractivity contribution >= 4 is 28.0 Å². The minimum atomic E-state index is -4.21. The second-order valence-corrected chi connectivity index (χ2v) is 10.4. The number of amides is 1. The number of hydrogen-bond acceptors (Lipinski definition) is 10. The molecule has 1 fully saturated rings. The number of nitrogens with one attached hydrogen (secondary N) is 1. The van der Waals surface area contributed by atoms with Crippen molar-refractivity contribution in [2.24, 2.45) is 0 Å². The Kier molecular flexibility index (Phi) is 9.97. The van der Waals surface area contributed by atoms with Crippen molar-refractivity contribution < 1.29 is 45.9 Å². The molecule has 1 aliphatic rings. The third kappa shape index (κ3) is 8.09. The van der Waals surface area contributed by atoms with Crippen LogP contribution in [-0.4, -0.2) is 63.5 Å². The van der Waals surface area contributed by atoms with E-state index in [0.29, 0.717) is 0 Å². The van der Waals surface area contributed by atoms with Gasteiger partial charge in [-0.2, -0.15) is 8.42 Å². The zero-order valence-corrected chi connectivity index (χ0v) is 22.3. The monoisotopic (exact) mass is 549 g/mol. The highest BCUT2D eigenvalue weighted by atomic mass is 32.2. The molecule has 206 valence electrons. The van der Waals surface area contributed by atoms with Crippen molar-refractivity contribution in [3.05, 3.63) is 65.7 Å². The van der Waals surface area contributed by atoms with Gasteiger partial charge in [0.2, 0.25) is 5.91 Å². The summed E-state index contributed by atoms with van der Waals surface area (Å²) in [6.07, 6.45) is -5.05. The topological polar surface area (TPSA) is 144 Å². The van der Waals surface area contributed by atoms with Gasteiger partial charge in [-0.3, -0.25) is 18.6 Å². The second-order valence-electron chi connectivity index (χ2n) is 8.77. The van der Waals surface area contributed by atoms with Crippen LogP contribution in [0.2, 0.25) is 0 Å². The molecule has 1 N–H and O–H groups in total. The summed E-state index contributed by atoms with van der Waals surface area (Å²) in [6.45, 7) is 4.82. The van der Waals surface area contributed by atoms with Gasteiger partial charge in [0.1, 0.15) is 12.1 Å². The molecule has 5 atom stereocenters. The van der Waals surface area contributed by atoms with E-state index in [1.807, 2.05) is 37.3 Å². The van der Waals surface area contributed by atoms with Crippen LogP contribution in [0.15, 0.2) is 59.5 Å². The van der Waals surface area contributed by atoms with E-state index in [4.69, 9.17) is 23.1 Å². The molecule has 1 heterocycles. The molecular formula is C26H31NO10S. The molecule has 1 amide bonds. The molecule has 1 aliphatic heterocycles. The molecular weight excluding hydrogens is 518 g/mol. The number of carbonyl (C=O) groups is 3. The fourth-order valence-electron chi connectivity index (χ4n) is 3.92. The van der Waals surface area contributed by atoms with Crippen molar-refractivity contribution in [2.45, 2.75) is 69.8 Å². The maximum absolute atomic E-state index is 12.8. The molecule has 38 heavy (non-hydrogen) atoms. The van der Waals surface area contributed by atoms with E-state index in [9.17, 15) is 22.8 Å². The number of ether oxygens (including phenoxy) is 4. The third-order valence-electron chi connectivity index (χ3n) is 5.57. The molecule has 12 heteroatoms. The Morgan fingerprint density at radius 2 is 1.50 bits per heavy atom. The first-order valence-electron chi connectivity index (χ1n) is 11.8. The van der Waals surface area contributed by atoms with Crippen LogP contribution in [0.3, 0.4) is 0 Å². The largest absolute Gasteiger partial charge is 0.456 e. The molecule has 0 unspecified atom stereocenters. The van der Waals surface area contributed by atoms with Gasteiger partial charge in [0.05, 0.1) is 18.1 Å². The Morgan fingerprint density at radius 1 is 0.895 bits per heavy atom. The Hall–Kier alpha value is -3.32. The van der Waals surface area contributed by atoms with Gasteiger partial charge in [-0.15, -0.1) is 0 Å². The van der Waals surface area contributed by atoms with Crippen LogP contribution < -0.4 is 5.32 Å². The van der Waals surface area contributed by atoms with Gasteiger partial charge in [-0.25, -0.2) is 0 Å². The van der Waals surface area contributed by atoms with Crippen LogP contribution in [-0.2, 0) is 54.2 Å². The average molecular weight is 550 g/mol. The fourth-order valence-corrected chi connectivity index (χ4v) is 4.83. The number of carbonyl (C=O) groups excluding carboxylic acids is 3. The lowest BCUT2D eigenvalue weighted by Crippen LogP contribution is -2.66. The number of esters is 2. The number of rotatable bonds is 10. The van der Waals surface area contributed by atoms with Crippen molar-refractivity contribution in [1.29, 1.82) is 0 Å². The van der Waals surface area contributed by atoms with E-state index in [1.54, 1.807) is 12.1 Å². The first-order chi connectivity index (χ1) is 18.0. The molecule has 2 aromatic rings. The molecule has 0 aliphatic carbocycles. The fraction of sp³-hybridized carbons (Fsp3) is 0.423. The van der Waals surface area contributed by atoms with Crippen molar-refractivity contribution in [3.63, 3.8) is 0 Å². The van der Waals surface area contributed by atoms with Gasteiger partial charge in [-0.1, -0.05) is 48.0 Å². The second kappa shape index (κ2) is 13.0. The quantitative estimate of drug-likeness (QED) is 0.345. The summed E-state index contributed by atoms with van der Waals surface area (Å²) in [5, 5.41) is 2.63. The van der Waals surface area contributed by atoms with Gasteiger partial charge in [0, 0.05) is 20.8 Å². The SMILES string of the molecule is CC(=O)N[C@H]1[C@H](OCc2ccccc2)O[C@H](COS(=O)(=O)c2ccc(C)cc2)[C@@H](OC(C)=O)[C@@H]1OC(C)=O. The van der Waals surface area contributed by atoms with Crippen molar-refractivity contribution in [2.75, 3.05) is 6.61 Å². The molecule has 3 rings (SSSR count). The van der Waals surface area contributed by atoms with E-state index in [-0.39, 0.29) is 11.5 Å². The molecule has 2 aromatic carbocycles. The maximum atomic E-state index is 12.8. The normalized spacial score (nSPS) is 23.3. The first-order valence-corrected chi connectivity index (χ1v) is 13.3. The number of benzene rings is 2. The van der Waals surface area contributed by atoms with Gasteiger partial charge >= 0.3 is 11.9 Å². The molecule has 0 saturated carbocycles. The molecule has 1 saturated heterocycles. The average Bonchev–Trinajstić information content (AvgIpc) is 2.85. The van der Waals surface area contributed by atoms with Crippen LogP contribution in [0.25, 0.3) is 0 Å². The predicted octanol–water partition coefficient (Wildman–Crippen LogP) is 2.01. The lowest BCUT2D eigenvalue weighted by atomic mass is 9.96. The minimum Gasteiger partial charge on any atom is -0.456 e. The van der Waals surface area contributed by atoms with Crippen molar-refractivity contribution in [1.82, 2.24) is 5.32 Å². The zero-order chi connectivity index (χ0) is 27.9. The smallest absolute Gasteiger partial charge is 0.303 e. The first kappa shape index (κ1) is 29.2. The Labute approximate surface area is 221 Å². The van der Waals surface area contributed by atoms with Gasteiger partial charge in [-0.05, 0) is 24.6 Å². The lowest BCUT2D eigenvalue weighted by Gasteiger charge is -2.45.